The Morgan fingerprint density at radius 1 is 1.44 bits per heavy atom. The average molecular weight is 222 g/mol. The molecule has 2 N–H and O–H groups in total. The molecule has 0 aromatic heterocycles. The number of carboxylic acid groups (broad SMARTS) is 1. The van der Waals surface area contributed by atoms with E-state index >= 15 is 0 Å². The maximum atomic E-state index is 10.7. The summed E-state index contributed by atoms with van der Waals surface area (Å²) in [6, 6.07) is 5.33. The first-order valence-corrected chi connectivity index (χ1v) is 5.58. The van der Waals surface area contributed by atoms with Gasteiger partial charge in [-0.1, -0.05) is 32.4 Å². The van der Waals surface area contributed by atoms with E-state index in [1.165, 1.54) is 0 Å². The number of carboxylic acids is 1. The number of aromatic hydroxyl groups is 1. The normalized spacial score (nSPS) is 12.4. The Bertz CT molecular complexity index is 371. The lowest BCUT2D eigenvalue weighted by Gasteiger charge is -2.09. The van der Waals surface area contributed by atoms with Gasteiger partial charge in [-0.05, 0) is 30.0 Å². The van der Waals surface area contributed by atoms with Gasteiger partial charge in [0.2, 0.25) is 0 Å². The molecule has 0 heterocycles. The Morgan fingerprint density at radius 3 is 2.69 bits per heavy atom. The lowest BCUT2D eigenvalue weighted by Crippen LogP contribution is -2.12. The van der Waals surface area contributed by atoms with Gasteiger partial charge >= 0.3 is 5.97 Å². The summed E-state index contributed by atoms with van der Waals surface area (Å²) >= 11 is 0. The van der Waals surface area contributed by atoms with Crippen molar-refractivity contribution in [1.82, 2.24) is 0 Å². The van der Waals surface area contributed by atoms with Gasteiger partial charge < -0.3 is 10.2 Å². The van der Waals surface area contributed by atoms with Crippen molar-refractivity contribution in [3.8, 4) is 5.75 Å². The molecule has 1 rings (SSSR count). The monoisotopic (exact) mass is 222 g/mol. The zero-order valence-electron chi connectivity index (χ0n) is 9.73. The molecule has 0 aliphatic heterocycles. The van der Waals surface area contributed by atoms with Crippen molar-refractivity contribution in [3.05, 3.63) is 29.3 Å². The van der Waals surface area contributed by atoms with Crippen molar-refractivity contribution in [3.63, 3.8) is 0 Å². The van der Waals surface area contributed by atoms with Gasteiger partial charge in [0.05, 0.1) is 5.92 Å². The van der Waals surface area contributed by atoms with Crippen molar-refractivity contribution in [2.45, 2.75) is 33.1 Å². The fourth-order valence-corrected chi connectivity index (χ4v) is 1.68. The van der Waals surface area contributed by atoms with Crippen LogP contribution in [0.4, 0.5) is 0 Å². The van der Waals surface area contributed by atoms with Gasteiger partial charge in [-0.2, -0.15) is 0 Å². The van der Waals surface area contributed by atoms with Gasteiger partial charge in [-0.15, -0.1) is 0 Å². The average Bonchev–Trinajstić information content (AvgIpc) is 2.23. The van der Waals surface area contributed by atoms with Crippen LogP contribution >= 0.6 is 0 Å². The van der Waals surface area contributed by atoms with Gasteiger partial charge in [-0.25, -0.2) is 0 Å². The molecule has 16 heavy (non-hydrogen) atoms. The Labute approximate surface area is 95.7 Å². The van der Waals surface area contributed by atoms with Crippen LogP contribution in [-0.2, 0) is 17.6 Å². The second-order valence-electron chi connectivity index (χ2n) is 4.16. The third-order valence-corrected chi connectivity index (χ3v) is 2.63. The van der Waals surface area contributed by atoms with Gasteiger partial charge in [0.15, 0.2) is 0 Å². The standard InChI is InChI=1S/C13H18O3/c1-3-4-11-8-10(5-6-12(11)14)7-9(2)13(15)16/h5-6,8-9,14H,3-4,7H2,1-2H3,(H,15,16). The van der Waals surface area contributed by atoms with Crippen molar-refractivity contribution in [2.24, 2.45) is 5.92 Å². The minimum absolute atomic E-state index is 0.300. The largest absolute Gasteiger partial charge is 0.508 e. The number of phenolic OH excluding ortho intramolecular Hbond substituents is 1. The lowest BCUT2D eigenvalue weighted by molar-refractivity contribution is -0.141. The number of hydrogen-bond acceptors (Lipinski definition) is 2. The second-order valence-corrected chi connectivity index (χ2v) is 4.16. The van der Waals surface area contributed by atoms with Crippen LogP contribution in [0.2, 0.25) is 0 Å². The van der Waals surface area contributed by atoms with E-state index in [1.54, 1.807) is 19.1 Å². The molecule has 1 atom stereocenters. The molecular formula is C13H18O3. The van der Waals surface area contributed by atoms with Crippen LogP contribution in [0.3, 0.4) is 0 Å². The molecule has 0 radical (unpaired) electrons. The second kappa shape index (κ2) is 5.54. The van der Waals surface area contributed by atoms with Crippen molar-refractivity contribution >= 4 is 5.97 Å². The first-order chi connectivity index (χ1) is 7.54. The molecule has 0 aliphatic carbocycles. The number of hydrogen-bond donors (Lipinski definition) is 2. The van der Waals surface area contributed by atoms with Gasteiger partial charge in [0.25, 0.3) is 0 Å². The van der Waals surface area contributed by atoms with Crippen LogP contribution in [0.5, 0.6) is 5.75 Å². The van der Waals surface area contributed by atoms with Crippen molar-refractivity contribution in [2.75, 3.05) is 0 Å². The third kappa shape index (κ3) is 3.26. The van der Waals surface area contributed by atoms with E-state index in [9.17, 15) is 9.90 Å². The van der Waals surface area contributed by atoms with Crippen LogP contribution < -0.4 is 0 Å². The van der Waals surface area contributed by atoms with E-state index in [0.29, 0.717) is 12.2 Å². The summed E-state index contributed by atoms with van der Waals surface area (Å²) in [7, 11) is 0. The Morgan fingerprint density at radius 2 is 2.12 bits per heavy atom. The first kappa shape index (κ1) is 12.6. The summed E-state index contributed by atoms with van der Waals surface area (Å²) in [4.78, 5) is 10.7. The summed E-state index contributed by atoms with van der Waals surface area (Å²) in [6.07, 6.45) is 2.29. The van der Waals surface area contributed by atoms with Gasteiger partial charge in [0.1, 0.15) is 5.75 Å². The van der Waals surface area contributed by atoms with Gasteiger partial charge in [-0.3, -0.25) is 4.79 Å². The summed E-state index contributed by atoms with van der Waals surface area (Å²) in [5.41, 5.74) is 1.87. The molecule has 0 bridgehead atoms. The molecule has 3 heteroatoms. The number of carbonyl (C=O) groups is 1. The Balaban J connectivity index is 2.82. The van der Waals surface area contributed by atoms with Crippen LogP contribution in [0, 0.1) is 5.92 Å². The van der Waals surface area contributed by atoms with Crippen LogP contribution in [-0.4, -0.2) is 16.2 Å². The first-order valence-electron chi connectivity index (χ1n) is 5.58. The van der Waals surface area contributed by atoms with E-state index in [-0.39, 0.29) is 5.92 Å². The number of rotatable bonds is 5. The highest BCUT2D eigenvalue weighted by molar-refractivity contribution is 5.69. The highest BCUT2D eigenvalue weighted by atomic mass is 16.4. The lowest BCUT2D eigenvalue weighted by atomic mass is 9.98. The molecule has 0 amide bonds. The number of aliphatic carboxylic acids is 1. The maximum absolute atomic E-state index is 10.7. The molecule has 0 saturated carbocycles. The number of aryl methyl sites for hydroxylation is 1. The topological polar surface area (TPSA) is 57.5 Å². The third-order valence-electron chi connectivity index (χ3n) is 2.63. The fraction of sp³-hybridized carbons (Fsp3) is 0.462. The zero-order chi connectivity index (χ0) is 12.1. The molecule has 0 aliphatic rings. The summed E-state index contributed by atoms with van der Waals surface area (Å²) in [5.74, 6) is -0.877. The highest BCUT2D eigenvalue weighted by Gasteiger charge is 2.12. The van der Waals surface area contributed by atoms with Gasteiger partial charge in [0, 0.05) is 0 Å². The zero-order valence-corrected chi connectivity index (χ0v) is 9.73. The predicted molar refractivity (Wildman–Crippen MR) is 62.6 cm³/mol. The Hall–Kier alpha value is -1.51. The Kier molecular flexibility index (Phi) is 4.35. The van der Waals surface area contributed by atoms with E-state index in [4.69, 9.17) is 5.11 Å². The molecule has 3 nitrogen and oxygen atoms in total. The fourth-order valence-electron chi connectivity index (χ4n) is 1.68. The SMILES string of the molecule is CCCc1cc(CC(C)C(=O)O)ccc1O. The van der Waals surface area contributed by atoms with Crippen LogP contribution in [0.1, 0.15) is 31.4 Å². The van der Waals surface area contributed by atoms with Crippen molar-refractivity contribution in [1.29, 1.82) is 0 Å². The molecule has 0 saturated heterocycles. The van der Waals surface area contributed by atoms with Crippen LogP contribution in [0.25, 0.3) is 0 Å². The molecule has 1 aromatic carbocycles. The quantitative estimate of drug-likeness (QED) is 0.805. The minimum Gasteiger partial charge on any atom is -0.508 e. The summed E-state index contributed by atoms with van der Waals surface area (Å²) in [6.45, 7) is 3.74. The van der Waals surface area contributed by atoms with E-state index in [2.05, 4.69) is 0 Å². The molecule has 0 fully saturated rings. The molecule has 1 unspecified atom stereocenters. The smallest absolute Gasteiger partial charge is 0.306 e. The maximum Gasteiger partial charge on any atom is 0.306 e. The van der Waals surface area contributed by atoms with Crippen molar-refractivity contribution < 1.29 is 15.0 Å². The van der Waals surface area contributed by atoms with E-state index in [1.807, 2.05) is 13.0 Å². The van der Waals surface area contributed by atoms with Crippen LogP contribution in [0.15, 0.2) is 18.2 Å². The number of phenols is 1. The molecule has 88 valence electrons. The number of benzene rings is 1. The summed E-state index contributed by atoms with van der Waals surface area (Å²) in [5, 5.41) is 18.4. The minimum atomic E-state index is -0.787. The van der Waals surface area contributed by atoms with E-state index < -0.39 is 5.97 Å². The predicted octanol–water partition coefficient (Wildman–Crippen LogP) is 2.61. The molecule has 1 aromatic rings. The van der Waals surface area contributed by atoms with E-state index in [0.717, 1.165) is 24.0 Å². The molecule has 0 spiro atoms. The molecular weight excluding hydrogens is 204 g/mol. The summed E-state index contributed by atoms with van der Waals surface area (Å²) < 4.78 is 0. The highest BCUT2D eigenvalue weighted by Crippen LogP contribution is 2.21.